The van der Waals surface area contributed by atoms with E-state index in [1.54, 1.807) is 6.92 Å². The number of hydrogen-bond acceptors (Lipinski definition) is 3. The molecule has 0 saturated carbocycles. The predicted octanol–water partition coefficient (Wildman–Crippen LogP) is 1.43. The molecule has 0 aliphatic heterocycles. The molecule has 124 valence electrons. The Hall–Kier alpha value is -2.31. The molecule has 23 heavy (non-hydrogen) atoms. The summed E-state index contributed by atoms with van der Waals surface area (Å²) in [5.41, 5.74) is 11.7. The number of carbonyl (C=O) groups excluding carboxylic acids is 2. The van der Waals surface area contributed by atoms with Gasteiger partial charge in [-0.15, -0.1) is 12.4 Å². The maximum absolute atomic E-state index is 12.0. The molecule has 0 aliphatic carbocycles. The average molecular weight is 337 g/mol. The topological polar surface area (TPSA) is 110 Å². The van der Waals surface area contributed by atoms with Crippen LogP contribution in [0, 0.1) is 0 Å². The lowest BCUT2D eigenvalue weighted by Gasteiger charge is -2.20. The second-order valence-electron chi connectivity index (χ2n) is 5.13. The van der Waals surface area contributed by atoms with E-state index in [1.165, 1.54) is 0 Å². The molecule has 7 heteroatoms. The molecule has 0 spiro atoms. The SMILES string of the molecule is CC(NC(N)=O)C(=O)NC(CN)c1ccc2ccccc2c1.Cl. The molecule has 0 aromatic heterocycles. The van der Waals surface area contributed by atoms with Gasteiger partial charge in [0.25, 0.3) is 0 Å². The summed E-state index contributed by atoms with van der Waals surface area (Å²) in [5, 5.41) is 7.36. The molecule has 0 saturated heterocycles. The Morgan fingerprint density at radius 2 is 1.74 bits per heavy atom. The van der Waals surface area contributed by atoms with Gasteiger partial charge in [0.05, 0.1) is 6.04 Å². The molecule has 2 atom stereocenters. The number of carbonyl (C=O) groups is 2. The molecule has 2 rings (SSSR count). The Balaban J connectivity index is 0.00000264. The van der Waals surface area contributed by atoms with Gasteiger partial charge >= 0.3 is 6.03 Å². The molecule has 0 heterocycles. The van der Waals surface area contributed by atoms with Crippen molar-refractivity contribution in [3.05, 3.63) is 48.0 Å². The van der Waals surface area contributed by atoms with Crippen molar-refractivity contribution in [3.63, 3.8) is 0 Å². The minimum absolute atomic E-state index is 0. The van der Waals surface area contributed by atoms with Gasteiger partial charge in [-0.25, -0.2) is 4.79 Å². The van der Waals surface area contributed by atoms with Gasteiger partial charge in [-0.2, -0.15) is 0 Å². The Kier molecular flexibility index (Phi) is 6.81. The molecule has 2 unspecified atom stereocenters. The van der Waals surface area contributed by atoms with E-state index in [0.29, 0.717) is 0 Å². The third-order valence-electron chi connectivity index (χ3n) is 3.48. The lowest BCUT2D eigenvalue weighted by atomic mass is 10.0. The third kappa shape index (κ3) is 4.84. The number of urea groups is 1. The van der Waals surface area contributed by atoms with Gasteiger partial charge < -0.3 is 22.1 Å². The van der Waals surface area contributed by atoms with Crippen molar-refractivity contribution in [1.29, 1.82) is 0 Å². The van der Waals surface area contributed by atoms with Crippen molar-refractivity contribution < 1.29 is 9.59 Å². The van der Waals surface area contributed by atoms with E-state index in [9.17, 15) is 9.59 Å². The van der Waals surface area contributed by atoms with Gasteiger partial charge in [-0.05, 0) is 29.3 Å². The van der Waals surface area contributed by atoms with E-state index in [-0.39, 0.29) is 30.9 Å². The Bertz CT molecular complexity index is 693. The molecule has 0 radical (unpaired) electrons. The van der Waals surface area contributed by atoms with Crippen molar-refractivity contribution in [3.8, 4) is 0 Å². The van der Waals surface area contributed by atoms with Crippen LogP contribution in [-0.2, 0) is 4.79 Å². The minimum atomic E-state index is -0.738. The van der Waals surface area contributed by atoms with Gasteiger partial charge in [0.15, 0.2) is 0 Å². The fourth-order valence-electron chi connectivity index (χ4n) is 2.28. The van der Waals surface area contributed by atoms with Crippen LogP contribution >= 0.6 is 12.4 Å². The van der Waals surface area contributed by atoms with E-state index < -0.39 is 12.1 Å². The first-order valence-electron chi connectivity index (χ1n) is 7.06. The van der Waals surface area contributed by atoms with Crippen LogP contribution in [0.5, 0.6) is 0 Å². The number of halogens is 1. The maximum Gasteiger partial charge on any atom is 0.312 e. The molecule has 6 N–H and O–H groups in total. The zero-order valence-electron chi connectivity index (χ0n) is 12.8. The zero-order chi connectivity index (χ0) is 16.1. The second kappa shape index (κ2) is 8.36. The lowest BCUT2D eigenvalue weighted by Crippen LogP contribution is -2.48. The summed E-state index contributed by atoms with van der Waals surface area (Å²) >= 11 is 0. The molecule has 6 nitrogen and oxygen atoms in total. The van der Waals surface area contributed by atoms with Crippen LogP contribution in [0.25, 0.3) is 10.8 Å². The Morgan fingerprint density at radius 1 is 1.09 bits per heavy atom. The van der Waals surface area contributed by atoms with Crippen molar-refractivity contribution in [1.82, 2.24) is 10.6 Å². The van der Waals surface area contributed by atoms with Gasteiger partial charge in [-0.1, -0.05) is 36.4 Å². The van der Waals surface area contributed by atoms with Crippen molar-refractivity contribution in [2.45, 2.75) is 19.0 Å². The average Bonchev–Trinajstić information content (AvgIpc) is 2.51. The normalized spacial score (nSPS) is 12.8. The number of rotatable bonds is 5. The number of nitrogens with one attached hydrogen (secondary N) is 2. The highest BCUT2D eigenvalue weighted by Gasteiger charge is 2.19. The van der Waals surface area contributed by atoms with E-state index in [4.69, 9.17) is 11.5 Å². The molecular weight excluding hydrogens is 316 g/mol. The highest BCUT2D eigenvalue weighted by Crippen LogP contribution is 2.20. The number of benzene rings is 2. The summed E-state index contributed by atoms with van der Waals surface area (Å²) in [7, 11) is 0. The summed E-state index contributed by atoms with van der Waals surface area (Å²) < 4.78 is 0. The second-order valence-corrected chi connectivity index (χ2v) is 5.13. The van der Waals surface area contributed by atoms with Crippen molar-refractivity contribution in [2.24, 2.45) is 11.5 Å². The van der Waals surface area contributed by atoms with Crippen LogP contribution in [-0.4, -0.2) is 24.5 Å². The molecular formula is C16H21ClN4O2. The number of amides is 3. The summed E-state index contributed by atoms with van der Waals surface area (Å²) in [6.07, 6.45) is 0. The lowest BCUT2D eigenvalue weighted by molar-refractivity contribution is -0.123. The smallest absolute Gasteiger partial charge is 0.312 e. The number of fused-ring (bicyclic) bond motifs is 1. The van der Waals surface area contributed by atoms with Crippen LogP contribution in [0.1, 0.15) is 18.5 Å². The molecule has 0 aliphatic rings. The summed E-state index contributed by atoms with van der Waals surface area (Å²) in [6.45, 7) is 1.82. The first kappa shape index (κ1) is 18.7. The van der Waals surface area contributed by atoms with Gasteiger partial charge in [0.2, 0.25) is 5.91 Å². The van der Waals surface area contributed by atoms with Gasteiger partial charge in [-0.3, -0.25) is 4.79 Å². The fraction of sp³-hybridized carbons (Fsp3) is 0.250. The first-order chi connectivity index (χ1) is 10.5. The van der Waals surface area contributed by atoms with Crippen molar-refractivity contribution in [2.75, 3.05) is 6.54 Å². The maximum atomic E-state index is 12.0. The Morgan fingerprint density at radius 3 is 2.35 bits per heavy atom. The van der Waals surface area contributed by atoms with E-state index in [1.807, 2.05) is 42.5 Å². The molecule has 2 aromatic carbocycles. The quantitative estimate of drug-likeness (QED) is 0.663. The summed E-state index contributed by atoms with van der Waals surface area (Å²) in [6, 6.07) is 12.1. The highest BCUT2D eigenvalue weighted by atomic mass is 35.5. The number of nitrogens with two attached hydrogens (primary N) is 2. The van der Waals surface area contributed by atoms with E-state index in [0.717, 1.165) is 16.3 Å². The van der Waals surface area contributed by atoms with Crippen LogP contribution in [0.3, 0.4) is 0 Å². The molecule has 0 bridgehead atoms. The van der Waals surface area contributed by atoms with Crippen LogP contribution in [0.15, 0.2) is 42.5 Å². The molecule has 0 fully saturated rings. The number of primary amides is 1. The molecule has 2 aromatic rings. The van der Waals surface area contributed by atoms with E-state index in [2.05, 4.69) is 10.6 Å². The van der Waals surface area contributed by atoms with Gasteiger partial charge in [0.1, 0.15) is 6.04 Å². The zero-order valence-corrected chi connectivity index (χ0v) is 13.6. The summed E-state index contributed by atoms with van der Waals surface area (Å²) in [5.74, 6) is -0.331. The predicted molar refractivity (Wildman–Crippen MR) is 93.3 cm³/mol. The van der Waals surface area contributed by atoms with Crippen LogP contribution < -0.4 is 22.1 Å². The number of hydrogen-bond donors (Lipinski definition) is 4. The first-order valence-corrected chi connectivity index (χ1v) is 7.06. The Labute approximate surface area is 141 Å². The monoisotopic (exact) mass is 336 g/mol. The van der Waals surface area contributed by atoms with Gasteiger partial charge in [0, 0.05) is 6.54 Å². The standard InChI is InChI=1S/C16H20N4O2.ClH/c1-10(19-16(18)22)15(21)20-14(9-17)13-7-6-11-4-2-3-5-12(11)8-13;/h2-8,10,14H,9,17H2,1H3,(H,20,21)(H3,18,19,22);1H. The van der Waals surface area contributed by atoms with Crippen LogP contribution in [0.4, 0.5) is 4.79 Å². The largest absolute Gasteiger partial charge is 0.352 e. The van der Waals surface area contributed by atoms with Crippen LogP contribution in [0.2, 0.25) is 0 Å². The fourth-order valence-corrected chi connectivity index (χ4v) is 2.28. The third-order valence-corrected chi connectivity index (χ3v) is 3.48. The molecule has 3 amide bonds. The summed E-state index contributed by atoms with van der Waals surface area (Å²) in [4.78, 5) is 22.8. The minimum Gasteiger partial charge on any atom is -0.352 e. The van der Waals surface area contributed by atoms with E-state index >= 15 is 0 Å². The highest BCUT2D eigenvalue weighted by molar-refractivity contribution is 5.87. The van der Waals surface area contributed by atoms with Crippen molar-refractivity contribution >= 4 is 35.1 Å².